The first kappa shape index (κ1) is 147. The summed E-state index contributed by atoms with van der Waals surface area (Å²) < 4.78 is 0. The molecule has 0 spiro atoms. The molecule has 0 aliphatic carbocycles. The van der Waals surface area contributed by atoms with Gasteiger partial charge in [0.2, 0.25) is 0 Å². The molecule has 0 aromatic heterocycles. The van der Waals surface area contributed by atoms with Gasteiger partial charge in [0.05, 0.1) is 49.4 Å². The molecule has 0 unspecified atom stereocenters. The number of ketones is 1. The van der Waals surface area contributed by atoms with Crippen LogP contribution in [0.4, 0.5) is 0 Å². The molecule has 0 amide bonds. The number of nitrogens with one attached hydrogen (secondary N) is 1. The number of Topliss-reactive ketones (excluding diaryl/α,β-unsaturated/α-hetero) is 1. The van der Waals surface area contributed by atoms with E-state index in [1.54, 1.807) is 0 Å². The van der Waals surface area contributed by atoms with E-state index in [2.05, 4.69) is 488 Å². The van der Waals surface area contributed by atoms with E-state index in [4.69, 9.17) is 0 Å². The smallest absolute Gasteiger partial charge is 0.147 e. The van der Waals surface area contributed by atoms with E-state index in [9.17, 15) is 9.90 Å². The van der Waals surface area contributed by atoms with Crippen LogP contribution in [0.25, 0.3) is 0 Å². The molecule has 14 nitrogen and oxygen atoms in total. The van der Waals surface area contributed by atoms with E-state index < -0.39 is 5.60 Å². The highest BCUT2D eigenvalue weighted by atomic mass is 16.3. The van der Waals surface area contributed by atoms with E-state index >= 15 is 0 Å². The van der Waals surface area contributed by atoms with Crippen molar-refractivity contribution in [3.8, 4) is 130 Å². The number of hydrogen-bond donors (Lipinski definition) is 2. The number of rotatable bonds is 20. The SMILES string of the molecule is CC(C)(C)C#CCCC(=O)CN1CCCC1.CC(C)(C)C#CCN1CCC(C)(O)CC1.CC(C)(C)C#CCN1CCCCC1.CC(C)C#CC(C)(C)N1CCN(C)CC1.CC(C)C#CC1CCN(C)CC1.CC(C)C#CCC1CCN(C)CC1.CC(C)C#CCC1CCNCC1.CC1CCN(CC#CC(C)(C)C)CC1.CCN(CC)C(C)(C)C#CC(C)(C)C.CCN(CC)CC#CC(C)(C)C.CCN(CC)CCC#CC(C)(C)C. The maximum absolute atomic E-state index is 11.6. The molecular formula is C135H242N12O2. The number of hydrogen-bond acceptors (Lipinski definition) is 14. The van der Waals surface area contributed by atoms with Crippen LogP contribution in [0.5, 0.6) is 0 Å². The molecule has 8 fully saturated rings. The van der Waals surface area contributed by atoms with Crippen LogP contribution in [0.15, 0.2) is 0 Å². The van der Waals surface area contributed by atoms with Crippen molar-refractivity contribution < 1.29 is 9.90 Å². The molecule has 14 heteroatoms. The minimum absolute atomic E-state index is 0.00319. The average Bonchev–Trinajstić information content (AvgIpc) is 1.36. The van der Waals surface area contributed by atoms with Crippen LogP contribution in [0.1, 0.15) is 412 Å². The van der Waals surface area contributed by atoms with Crippen molar-refractivity contribution in [2.24, 2.45) is 85.2 Å². The number of piperidine rings is 6. The number of aliphatic hydroxyl groups is 1. The van der Waals surface area contributed by atoms with Gasteiger partial charge in [-0.1, -0.05) is 199 Å². The minimum atomic E-state index is -0.450. The number of piperazine rings is 1. The van der Waals surface area contributed by atoms with E-state index in [0.717, 1.165) is 174 Å². The van der Waals surface area contributed by atoms with E-state index in [-0.39, 0.29) is 49.0 Å². The lowest BCUT2D eigenvalue weighted by atomic mass is 9.94. The highest BCUT2D eigenvalue weighted by molar-refractivity contribution is 5.80. The van der Waals surface area contributed by atoms with Crippen LogP contribution in [0.2, 0.25) is 0 Å². The molecule has 8 saturated heterocycles. The zero-order valence-corrected chi connectivity index (χ0v) is 107. The second-order valence-electron chi connectivity index (χ2n) is 53.0. The quantitative estimate of drug-likeness (QED) is 0.113. The molecule has 8 rings (SSSR count). The molecule has 0 radical (unpaired) electrons. The largest absolute Gasteiger partial charge is 0.390 e. The lowest BCUT2D eigenvalue weighted by Crippen LogP contribution is -2.53. The topological polar surface area (TPSA) is 85.0 Å². The monoisotopic (exact) mass is 2060 g/mol. The fourth-order valence-electron chi connectivity index (χ4n) is 16.3. The highest BCUT2D eigenvalue weighted by Crippen LogP contribution is 2.26. The molecule has 8 aliphatic rings. The van der Waals surface area contributed by atoms with Crippen molar-refractivity contribution in [3.05, 3.63) is 0 Å². The van der Waals surface area contributed by atoms with E-state index in [1.165, 1.54) is 149 Å². The van der Waals surface area contributed by atoms with Gasteiger partial charge in [-0.2, -0.15) is 0 Å². The van der Waals surface area contributed by atoms with Crippen LogP contribution in [-0.4, -0.2) is 299 Å². The lowest BCUT2D eigenvalue weighted by molar-refractivity contribution is -0.119. The van der Waals surface area contributed by atoms with Crippen LogP contribution in [-0.2, 0) is 4.79 Å². The maximum Gasteiger partial charge on any atom is 0.147 e. The van der Waals surface area contributed by atoms with Crippen molar-refractivity contribution in [1.29, 1.82) is 0 Å². The molecule has 2 N–H and O–H groups in total. The van der Waals surface area contributed by atoms with Gasteiger partial charge in [-0.05, 0) is 427 Å². The van der Waals surface area contributed by atoms with Gasteiger partial charge in [-0.3, -0.25) is 39.1 Å². The summed E-state index contributed by atoms with van der Waals surface area (Å²) in [5, 5.41) is 13.1. The number of likely N-dealkylation sites (N-methyl/N-ethyl adjacent to an activating group) is 1. The van der Waals surface area contributed by atoms with Gasteiger partial charge in [0.1, 0.15) is 5.78 Å². The van der Waals surface area contributed by atoms with Gasteiger partial charge in [0, 0.05) is 145 Å². The van der Waals surface area contributed by atoms with Gasteiger partial charge < -0.3 is 30.0 Å². The van der Waals surface area contributed by atoms with Crippen LogP contribution < -0.4 is 5.32 Å². The van der Waals surface area contributed by atoms with Gasteiger partial charge in [0.15, 0.2) is 0 Å². The van der Waals surface area contributed by atoms with Crippen molar-refractivity contribution >= 4 is 5.78 Å². The first-order chi connectivity index (χ1) is 69.1. The zero-order valence-electron chi connectivity index (χ0n) is 107. The zero-order chi connectivity index (χ0) is 114. The van der Waals surface area contributed by atoms with Crippen molar-refractivity contribution in [1.82, 2.24) is 59.2 Å². The molecule has 0 aromatic carbocycles. The molecule has 0 aromatic rings. The minimum Gasteiger partial charge on any atom is -0.390 e. The Hall–Kier alpha value is -5.69. The number of nitrogens with zero attached hydrogens (tertiary/aromatic N) is 11. The second-order valence-corrected chi connectivity index (χ2v) is 53.0. The standard InChI is InChI=1S/C14H23NO.C13H24N2.C13H23NO.C13H23N.C13H25N.2C12H21N.C12H23N.2C11H19N.C11H21N/c1-14(2,3)9-5-4-8-13(16)12-15-10-6-7-11-15;1-12(2)6-7-13(3,4)15-10-8-14(5)9-11-15;1-12(2,3)6-5-9-14-10-7-13(4,15)8-11-14;1-12-6-10-14(11-7-12)9-5-8-13(2,3)4;1-8-14(9-2)13(6,7)11-10-12(3,4)5;1-11(2)5-4-6-12-7-9-13(3)10-8-12;1-12(2,3)8-7-11-13-9-5-4-6-10-13;1-6-13(7-2)11-9-8-10-12(3,4)5;1-10(2)4-5-11-6-8-12(3)9-7-11;1-10(2)4-3-5-11-6-8-12-9-7-11;1-6-12(7-2)10-8-9-11(3,4)5/h4,6-8,10-12H2,1-3H3;12H,8-11H2,1-5H3;15H,7-11H2,1-4H3;12H,6-7,9-11H2,1-4H3;8-9H2,1-7H3;11-12H,6-10H2,1-3H3;4-6,9-11H2,1-3H3;6-7,9,11H2,1-5H3;10-11H,6-9H2,1-3H3;10-12H,5-9H2,1-2H3;6-7,10H2,1-5H3. The summed E-state index contributed by atoms with van der Waals surface area (Å²) in [4.78, 5) is 37.9. The Bertz CT molecular complexity index is 4170. The van der Waals surface area contributed by atoms with Gasteiger partial charge in [-0.15, -0.1) is 41.4 Å². The Morgan fingerprint density at radius 3 is 1.11 bits per heavy atom. The van der Waals surface area contributed by atoms with E-state index in [0.29, 0.717) is 54.8 Å². The van der Waals surface area contributed by atoms with Crippen LogP contribution >= 0.6 is 0 Å². The Balaban J connectivity index is -0.00000158. The van der Waals surface area contributed by atoms with Crippen molar-refractivity contribution in [2.75, 3.05) is 217 Å². The van der Waals surface area contributed by atoms with Gasteiger partial charge in [0.25, 0.3) is 0 Å². The number of likely N-dealkylation sites (tertiary alicyclic amines) is 6. The molecule has 0 atom stereocenters. The molecule has 854 valence electrons. The Kier molecular flexibility index (Phi) is 80.1. The summed E-state index contributed by atoms with van der Waals surface area (Å²) in [6, 6.07) is 0. The van der Waals surface area contributed by atoms with Crippen LogP contribution in [0.3, 0.4) is 0 Å². The number of carbonyl (C=O) groups excluding carboxylic acids is 1. The predicted octanol–water partition coefficient (Wildman–Crippen LogP) is 26.0. The van der Waals surface area contributed by atoms with Crippen LogP contribution in [0, 0.1) is 215 Å². The van der Waals surface area contributed by atoms with Crippen molar-refractivity contribution in [3.63, 3.8) is 0 Å². The first-order valence-electron chi connectivity index (χ1n) is 59.5. The third-order valence-electron chi connectivity index (χ3n) is 26.1. The summed E-state index contributed by atoms with van der Waals surface area (Å²) in [6.45, 7) is 121. The van der Waals surface area contributed by atoms with Gasteiger partial charge in [-0.25, -0.2) is 0 Å². The molecule has 8 aliphatic heterocycles. The normalized spacial score (nSPS) is 17.6. The van der Waals surface area contributed by atoms with Gasteiger partial charge >= 0.3 is 0 Å². The highest BCUT2D eigenvalue weighted by Gasteiger charge is 2.30. The summed E-state index contributed by atoms with van der Waals surface area (Å²) >= 11 is 0. The lowest BCUT2D eigenvalue weighted by Gasteiger charge is -2.40. The fraction of sp³-hybridized carbons (Fsp3) is 0.830. The summed E-state index contributed by atoms with van der Waals surface area (Å²) in [5.41, 5.74) is 0.454. The van der Waals surface area contributed by atoms with Crippen molar-refractivity contribution in [2.45, 2.75) is 429 Å². The number of carbonyl (C=O) groups is 1. The molecule has 149 heavy (non-hydrogen) atoms. The Morgan fingerprint density at radius 2 is 0.718 bits per heavy atom. The summed E-state index contributed by atoms with van der Waals surface area (Å²) in [6.07, 6.45) is 23.4. The molecular weight excluding hydrogens is 1820 g/mol. The second kappa shape index (κ2) is 81.0. The molecule has 0 saturated carbocycles. The molecule has 8 heterocycles. The maximum atomic E-state index is 11.6. The summed E-state index contributed by atoms with van der Waals surface area (Å²) in [7, 11) is 6.58. The first-order valence-corrected chi connectivity index (χ1v) is 59.5. The average molecular weight is 2070 g/mol. The Morgan fingerprint density at radius 1 is 0.362 bits per heavy atom. The molecule has 0 bridgehead atoms. The van der Waals surface area contributed by atoms with E-state index in [1.807, 2.05) is 6.92 Å². The Labute approximate surface area is 931 Å². The predicted molar refractivity (Wildman–Crippen MR) is 658 cm³/mol. The third-order valence-corrected chi connectivity index (χ3v) is 26.1. The fourth-order valence-corrected chi connectivity index (χ4v) is 16.3. The summed E-state index contributed by atoms with van der Waals surface area (Å²) in [5.74, 6) is 77.5. The third kappa shape index (κ3) is 95.5.